The number of benzene rings is 3. The number of ketones is 1. The lowest BCUT2D eigenvalue weighted by Crippen LogP contribution is -2.11. The average Bonchev–Trinajstić information content (AvgIpc) is 2.70. The predicted octanol–water partition coefficient (Wildman–Crippen LogP) is 3.55. The van der Waals surface area contributed by atoms with E-state index in [-0.39, 0.29) is 5.78 Å². The van der Waals surface area contributed by atoms with Gasteiger partial charge in [0.15, 0.2) is 5.78 Å². The van der Waals surface area contributed by atoms with Crippen LogP contribution in [0.4, 0.5) is 0 Å². The largest absolute Gasteiger partial charge is 0.506 e. The standard InChI is InChI=1S/C14H12O2.C7H8O4S/c15-13(11-7-3-1-4-8-11)14(16)12-9-5-2-6-10-12;1-5-3-2-4-6(7(5)8)12(9,10)11/h1-10,13,15H;2-4,8H,1H3,(H,9,10,11). The van der Waals surface area contributed by atoms with E-state index in [1.807, 2.05) is 12.1 Å². The fourth-order valence-electron chi connectivity index (χ4n) is 2.39. The van der Waals surface area contributed by atoms with Crippen LogP contribution in [0.15, 0.2) is 83.8 Å². The van der Waals surface area contributed by atoms with Crippen LogP contribution in [-0.4, -0.2) is 29.0 Å². The van der Waals surface area contributed by atoms with Crippen LogP contribution in [0.2, 0.25) is 0 Å². The van der Waals surface area contributed by atoms with Gasteiger partial charge in [0.2, 0.25) is 0 Å². The average molecular weight is 400 g/mol. The first-order valence-corrected chi connectivity index (χ1v) is 9.74. The number of para-hydroxylation sites is 1. The zero-order valence-electron chi connectivity index (χ0n) is 15.1. The number of phenols is 1. The van der Waals surface area contributed by atoms with Gasteiger partial charge in [-0.3, -0.25) is 9.35 Å². The number of Topliss-reactive ketones (excluding diaryl/α,β-unsaturated/α-hetero) is 1. The molecule has 0 aliphatic heterocycles. The summed E-state index contributed by atoms with van der Waals surface area (Å²) in [5, 5.41) is 19.1. The number of carbonyl (C=O) groups excluding carboxylic acids is 1. The molecule has 0 spiro atoms. The van der Waals surface area contributed by atoms with E-state index in [2.05, 4.69) is 0 Å². The number of rotatable bonds is 4. The van der Waals surface area contributed by atoms with Crippen molar-refractivity contribution in [3.63, 3.8) is 0 Å². The molecule has 0 aromatic heterocycles. The third-order valence-electron chi connectivity index (χ3n) is 3.90. The lowest BCUT2D eigenvalue weighted by Gasteiger charge is -2.09. The van der Waals surface area contributed by atoms with Gasteiger partial charge >= 0.3 is 0 Å². The lowest BCUT2D eigenvalue weighted by molar-refractivity contribution is 0.0747. The number of hydrogen-bond acceptors (Lipinski definition) is 5. The van der Waals surface area contributed by atoms with Gasteiger partial charge in [-0.15, -0.1) is 0 Å². The SMILES string of the molecule is Cc1cccc(S(=O)(=O)O)c1O.O=C(c1ccccc1)C(O)c1ccccc1. The number of phenolic OH excluding ortho intramolecular Hbond substituents is 1. The first-order chi connectivity index (χ1) is 13.2. The Bertz CT molecular complexity index is 1030. The highest BCUT2D eigenvalue weighted by molar-refractivity contribution is 7.86. The monoisotopic (exact) mass is 400 g/mol. The molecule has 7 heteroatoms. The second kappa shape index (κ2) is 9.27. The first kappa shape index (κ1) is 21.3. The fraction of sp³-hybridized carbons (Fsp3) is 0.0952. The van der Waals surface area contributed by atoms with E-state index in [9.17, 15) is 23.4 Å². The van der Waals surface area contributed by atoms with Gasteiger partial charge in [-0.25, -0.2) is 0 Å². The van der Waals surface area contributed by atoms with Crippen LogP contribution in [0.1, 0.15) is 27.6 Å². The first-order valence-electron chi connectivity index (χ1n) is 8.30. The molecule has 1 atom stereocenters. The molecule has 0 aliphatic rings. The van der Waals surface area contributed by atoms with Crippen LogP contribution >= 0.6 is 0 Å². The number of aryl methyl sites for hydroxylation is 1. The van der Waals surface area contributed by atoms with Crippen molar-refractivity contribution in [3.05, 3.63) is 95.6 Å². The summed E-state index contributed by atoms with van der Waals surface area (Å²) in [5.41, 5.74) is 1.56. The van der Waals surface area contributed by atoms with Crippen molar-refractivity contribution in [1.82, 2.24) is 0 Å². The van der Waals surface area contributed by atoms with Crippen LogP contribution in [-0.2, 0) is 10.1 Å². The lowest BCUT2D eigenvalue weighted by atomic mass is 10.0. The minimum atomic E-state index is -4.31. The highest BCUT2D eigenvalue weighted by Gasteiger charge is 2.18. The number of aliphatic hydroxyl groups is 1. The van der Waals surface area contributed by atoms with Crippen molar-refractivity contribution in [2.75, 3.05) is 0 Å². The van der Waals surface area contributed by atoms with Gasteiger partial charge in [0.05, 0.1) is 0 Å². The number of hydrogen-bond donors (Lipinski definition) is 3. The van der Waals surface area contributed by atoms with Gasteiger partial charge in [-0.2, -0.15) is 8.42 Å². The zero-order chi connectivity index (χ0) is 20.7. The molecule has 0 saturated heterocycles. The minimum Gasteiger partial charge on any atom is -0.506 e. The Hall–Kier alpha value is -3.00. The topological polar surface area (TPSA) is 112 Å². The van der Waals surface area contributed by atoms with E-state index in [1.165, 1.54) is 6.07 Å². The van der Waals surface area contributed by atoms with Gasteiger partial charge in [-0.05, 0) is 24.1 Å². The van der Waals surface area contributed by atoms with E-state index < -0.39 is 26.9 Å². The van der Waals surface area contributed by atoms with Gasteiger partial charge in [0, 0.05) is 5.56 Å². The van der Waals surface area contributed by atoms with Gasteiger partial charge in [0.25, 0.3) is 10.1 Å². The molecule has 3 N–H and O–H groups in total. The molecule has 3 rings (SSSR count). The number of aliphatic hydroxyl groups excluding tert-OH is 1. The number of aromatic hydroxyl groups is 1. The summed E-state index contributed by atoms with van der Waals surface area (Å²) in [7, 11) is -4.31. The molecule has 0 aliphatic carbocycles. The maximum Gasteiger partial charge on any atom is 0.298 e. The summed E-state index contributed by atoms with van der Waals surface area (Å²) in [6.45, 7) is 1.55. The normalized spacial score (nSPS) is 11.8. The number of carbonyl (C=O) groups is 1. The highest BCUT2D eigenvalue weighted by Crippen LogP contribution is 2.25. The van der Waals surface area contributed by atoms with Crippen molar-refractivity contribution < 1.29 is 28.0 Å². The van der Waals surface area contributed by atoms with Crippen molar-refractivity contribution >= 4 is 15.9 Å². The highest BCUT2D eigenvalue weighted by atomic mass is 32.2. The Morgan fingerprint density at radius 1 is 0.857 bits per heavy atom. The van der Waals surface area contributed by atoms with Crippen molar-refractivity contribution in [2.45, 2.75) is 17.9 Å². The molecule has 0 bridgehead atoms. The summed E-state index contributed by atoms with van der Waals surface area (Å²) >= 11 is 0. The second-order valence-corrected chi connectivity index (χ2v) is 7.33. The molecule has 28 heavy (non-hydrogen) atoms. The van der Waals surface area contributed by atoms with Crippen LogP contribution in [0.5, 0.6) is 5.75 Å². The zero-order valence-corrected chi connectivity index (χ0v) is 15.9. The summed E-state index contributed by atoms with van der Waals surface area (Å²) in [6, 6.07) is 21.9. The predicted molar refractivity (Wildman–Crippen MR) is 105 cm³/mol. The molecular weight excluding hydrogens is 380 g/mol. The van der Waals surface area contributed by atoms with E-state index in [4.69, 9.17) is 4.55 Å². The Morgan fingerprint density at radius 2 is 1.39 bits per heavy atom. The maximum atomic E-state index is 11.9. The van der Waals surface area contributed by atoms with E-state index in [1.54, 1.807) is 61.5 Å². The molecule has 0 fully saturated rings. The quantitative estimate of drug-likeness (QED) is 0.456. The molecule has 3 aromatic carbocycles. The molecule has 3 aromatic rings. The smallest absolute Gasteiger partial charge is 0.298 e. The van der Waals surface area contributed by atoms with E-state index in [0.29, 0.717) is 16.7 Å². The Labute approximate surface area is 163 Å². The molecule has 1 unspecified atom stereocenters. The van der Waals surface area contributed by atoms with Crippen LogP contribution in [0, 0.1) is 6.92 Å². The molecule has 6 nitrogen and oxygen atoms in total. The second-order valence-electron chi connectivity index (χ2n) is 5.94. The third kappa shape index (κ3) is 5.50. The van der Waals surface area contributed by atoms with Crippen molar-refractivity contribution in [2.24, 2.45) is 0 Å². The van der Waals surface area contributed by atoms with Crippen molar-refractivity contribution in [3.8, 4) is 5.75 Å². The van der Waals surface area contributed by atoms with E-state index in [0.717, 1.165) is 6.07 Å². The summed E-state index contributed by atoms with van der Waals surface area (Å²) in [4.78, 5) is 11.4. The summed E-state index contributed by atoms with van der Waals surface area (Å²) in [6.07, 6.45) is -1.08. The molecule has 0 amide bonds. The van der Waals surface area contributed by atoms with E-state index >= 15 is 0 Å². The molecule has 146 valence electrons. The molecule has 0 radical (unpaired) electrons. The Balaban J connectivity index is 0.000000209. The fourth-order valence-corrected chi connectivity index (χ4v) is 3.04. The van der Waals surface area contributed by atoms with Crippen LogP contribution < -0.4 is 0 Å². The molecule has 0 heterocycles. The van der Waals surface area contributed by atoms with Crippen LogP contribution in [0.3, 0.4) is 0 Å². The third-order valence-corrected chi connectivity index (χ3v) is 4.79. The molecular formula is C21H20O6S. The maximum absolute atomic E-state index is 11.9. The Morgan fingerprint density at radius 3 is 1.89 bits per heavy atom. The Kier molecular flexibility index (Phi) is 7.06. The molecule has 0 saturated carbocycles. The summed E-state index contributed by atoms with van der Waals surface area (Å²) < 4.78 is 29.8. The minimum absolute atomic E-state index is 0.271. The van der Waals surface area contributed by atoms with Gasteiger partial charge in [0.1, 0.15) is 16.7 Å². The van der Waals surface area contributed by atoms with Crippen LogP contribution in [0.25, 0.3) is 0 Å². The summed E-state index contributed by atoms with van der Waals surface area (Å²) in [5.74, 6) is -0.674. The van der Waals surface area contributed by atoms with Crippen molar-refractivity contribution in [1.29, 1.82) is 0 Å². The van der Waals surface area contributed by atoms with Gasteiger partial charge < -0.3 is 10.2 Å². The van der Waals surface area contributed by atoms with Gasteiger partial charge in [-0.1, -0.05) is 72.8 Å².